The molecule has 1 aliphatic heterocycles. The predicted molar refractivity (Wildman–Crippen MR) is 72.6 cm³/mol. The van der Waals surface area contributed by atoms with Gasteiger partial charge in [-0.25, -0.2) is 0 Å². The van der Waals surface area contributed by atoms with Crippen LogP contribution in [0.4, 0.5) is 5.69 Å². The molecule has 2 nitrogen and oxygen atoms in total. The lowest BCUT2D eigenvalue weighted by Crippen LogP contribution is -2.24. The van der Waals surface area contributed by atoms with Crippen LogP contribution in [0.3, 0.4) is 0 Å². The van der Waals surface area contributed by atoms with Crippen LogP contribution in [-0.4, -0.2) is 19.8 Å². The van der Waals surface area contributed by atoms with Gasteiger partial charge in [0, 0.05) is 18.8 Å². The van der Waals surface area contributed by atoms with Gasteiger partial charge < -0.3 is 10.1 Å². The first-order chi connectivity index (χ1) is 8.25. The van der Waals surface area contributed by atoms with Crippen molar-refractivity contribution in [2.24, 2.45) is 5.92 Å². The van der Waals surface area contributed by atoms with Crippen molar-refractivity contribution < 1.29 is 4.74 Å². The molecule has 1 atom stereocenters. The summed E-state index contributed by atoms with van der Waals surface area (Å²) in [6.45, 7) is 7.33. The first-order valence-electron chi connectivity index (χ1n) is 6.67. The van der Waals surface area contributed by atoms with Gasteiger partial charge in [0.1, 0.15) is 0 Å². The smallest absolute Gasteiger partial charge is 0.0511 e. The van der Waals surface area contributed by atoms with Crippen LogP contribution < -0.4 is 5.32 Å². The molecule has 0 saturated carbocycles. The maximum absolute atomic E-state index is 5.48. The molecule has 0 radical (unpaired) electrons. The van der Waals surface area contributed by atoms with Crippen molar-refractivity contribution in [3.8, 4) is 0 Å². The number of nitrogens with one attached hydrogen (secondary N) is 1. The highest BCUT2D eigenvalue weighted by Gasteiger charge is 2.13. The van der Waals surface area contributed by atoms with E-state index in [9.17, 15) is 0 Å². The highest BCUT2D eigenvalue weighted by atomic mass is 16.5. The molecule has 1 aromatic rings. The Labute approximate surface area is 104 Å². The van der Waals surface area contributed by atoms with Gasteiger partial charge in [-0.2, -0.15) is 0 Å². The molecular weight excluding hydrogens is 210 g/mol. The average molecular weight is 233 g/mol. The molecule has 1 fully saturated rings. The molecule has 1 N–H and O–H groups in total. The second-order valence-corrected chi connectivity index (χ2v) is 5.24. The fraction of sp³-hybridized carbons (Fsp3) is 0.600. The molecule has 17 heavy (non-hydrogen) atoms. The summed E-state index contributed by atoms with van der Waals surface area (Å²) in [5.41, 5.74) is 2.62. The summed E-state index contributed by atoms with van der Waals surface area (Å²) in [4.78, 5) is 0. The summed E-state index contributed by atoms with van der Waals surface area (Å²) >= 11 is 0. The third-order valence-corrected chi connectivity index (χ3v) is 3.43. The van der Waals surface area contributed by atoms with E-state index in [1.807, 2.05) is 0 Å². The topological polar surface area (TPSA) is 21.3 Å². The lowest BCUT2D eigenvalue weighted by Gasteiger charge is -2.22. The van der Waals surface area contributed by atoms with Crippen molar-refractivity contribution in [1.29, 1.82) is 0 Å². The van der Waals surface area contributed by atoms with E-state index < -0.39 is 0 Å². The van der Waals surface area contributed by atoms with Gasteiger partial charge in [-0.05, 0) is 42.4 Å². The Balaban J connectivity index is 1.82. The quantitative estimate of drug-likeness (QED) is 0.857. The summed E-state index contributed by atoms with van der Waals surface area (Å²) in [7, 11) is 0. The van der Waals surface area contributed by atoms with Gasteiger partial charge in [-0.1, -0.05) is 26.0 Å². The Morgan fingerprint density at radius 2 is 2.06 bits per heavy atom. The number of ether oxygens (including phenoxy) is 1. The zero-order chi connectivity index (χ0) is 12.1. The van der Waals surface area contributed by atoms with E-state index in [2.05, 4.69) is 43.4 Å². The van der Waals surface area contributed by atoms with Gasteiger partial charge in [0.25, 0.3) is 0 Å². The van der Waals surface area contributed by atoms with Gasteiger partial charge in [-0.15, -0.1) is 0 Å². The molecule has 2 heteroatoms. The van der Waals surface area contributed by atoms with E-state index >= 15 is 0 Å². The molecule has 0 spiro atoms. The molecule has 1 heterocycles. The Morgan fingerprint density at radius 1 is 1.29 bits per heavy atom. The van der Waals surface area contributed by atoms with E-state index in [4.69, 9.17) is 4.74 Å². The van der Waals surface area contributed by atoms with Crippen LogP contribution in [0.25, 0.3) is 0 Å². The molecule has 2 rings (SSSR count). The molecule has 1 aliphatic rings. The highest BCUT2D eigenvalue weighted by molar-refractivity contribution is 5.45. The minimum atomic E-state index is 0.607. The number of anilines is 1. The number of rotatable bonds is 4. The predicted octanol–water partition coefficient (Wildman–Crippen LogP) is 3.65. The van der Waals surface area contributed by atoms with Crippen LogP contribution in [0.15, 0.2) is 24.3 Å². The number of benzene rings is 1. The number of hydrogen-bond donors (Lipinski definition) is 1. The lowest BCUT2D eigenvalue weighted by molar-refractivity contribution is 0.0595. The van der Waals surface area contributed by atoms with Crippen molar-refractivity contribution in [1.82, 2.24) is 0 Å². The maximum Gasteiger partial charge on any atom is 0.0511 e. The fourth-order valence-electron chi connectivity index (χ4n) is 2.22. The summed E-state index contributed by atoms with van der Waals surface area (Å²) in [5.74, 6) is 1.28. The normalized spacial score (nSPS) is 20.5. The van der Waals surface area contributed by atoms with E-state index in [0.29, 0.717) is 11.8 Å². The largest absolute Gasteiger partial charge is 0.385 e. The first-order valence-corrected chi connectivity index (χ1v) is 6.67. The first kappa shape index (κ1) is 12.4. The second-order valence-electron chi connectivity index (χ2n) is 5.24. The van der Waals surface area contributed by atoms with Crippen molar-refractivity contribution >= 4 is 5.69 Å². The van der Waals surface area contributed by atoms with E-state index in [-0.39, 0.29) is 0 Å². The average Bonchev–Trinajstić information content (AvgIpc) is 2.38. The Kier molecular flexibility index (Phi) is 4.43. The van der Waals surface area contributed by atoms with Crippen LogP contribution in [-0.2, 0) is 4.74 Å². The SMILES string of the molecule is CC(C)c1ccc(NCC2CCCOC2)cc1. The molecule has 0 aromatic heterocycles. The minimum Gasteiger partial charge on any atom is -0.385 e. The van der Waals surface area contributed by atoms with Crippen LogP contribution in [0.2, 0.25) is 0 Å². The third kappa shape index (κ3) is 3.74. The van der Waals surface area contributed by atoms with E-state index in [0.717, 1.165) is 19.8 Å². The molecule has 94 valence electrons. The molecule has 1 unspecified atom stereocenters. The Bertz CT molecular complexity index is 325. The van der Waals surface area contributed by atoms with Crippen LogP contribution in [0.5, 0.6) is 0 Å². The molecule has 0 amide bonds. The van der Waals surface area contributed by atoms with Gasteiger partial charge in [0.15, 0.2) is 0 Å². The van der Waals surface area contributed by atoms with Crippen LogP contribution in [0.1, 0.15) is 38.2 Å². The van der Waals surface area contributed by atoms with Crippen LogP contribution >= 0.6 is 0 Å². The van der Waals surface area contributed by atoms with Gasteiger partial charge >= 0.3 is 0 Å². The molecule has 1 aromatic carbocycles. The molecule has 0 aliphatic carbocycles. The standard InChI is InChI=1S/C15H23NO/c1-12(2)14-5-7-15(8-6-14)16-10-13-4-3-9-17-11-13/h5-8,12-13,16H,3-4,9-11H2,1-2H3. The summed E-state index contributed by atoms with van der Waals surface area (Å²) < 4.78 is 5.48. The van der Waals surface area contributed by atoms with Crippen molar-refractivity contribution in [2.45, 2.75) is 32.6 Å². The van der Waals surface area contributed by atoms with Crippen molar-refractivity contribution in [2.75, 3.05) is 25.1 Å². The summed E-state index contributed by atoms with van der Waals surface area (Å²) in [6, 6.07) is 8.78. The van der Waals surface area contributed by atoms with Crippen molar-refractivity contribution in [3.63, 3.8) is 0 Å². The fourth-order valence-corrected chi connectivity index (χ4v) is 2.22. The minimum absolute atomic E-state index is 0.607. The second kappa shape index (κ2) is 6.06. The molecule has 0 bridgehead atoms. The van der Waals surface area contributed by atoms with Gasteiger partial charge in [0.05, 0.1) is 6.61 Å². The number of hydrogen-bond acceptors (Lipinski definition) is 2. The molecular formula is C15H23NO. The monoisotopic (exact) mass is 233 g/mol. The van der Waals surface area contributed by atoms with Crippen LogP contribution in [0, 0.1) is 5.92 Å². The summed E-state index contributed by atoms with van der Waals surface area (Å²) in [6.07, 6.45) is 2.50. The zero-order valence-electron chi connectivity index (χ0n) is 10.9. The van der Waals surface area contributed by atoms with Crippen molar-refractivity contribution in [3.05, 3.63) is 29.8 Å². The van der Waals surface area contributed by atoms with E-state index in [1.165, 1.54) is 24.1 Å². The summed E-state index contributed by atoms with van der Waals surface area (Å²) in [5, 5.41) is 3.50. The highest BCUT2D eigenvalue weighted by Crippen LogP contribution is 2.18. The van der Waals surface area contributed by atoms with Gasteiger partial charge in [-0.3, -0.25) is 0 Å². The third-order valence-electron chi connectivity index (χ3n) is 3.43. The Hall–Kier alpha value is -1.02. The van der Waals surface area contributed by atoms with E-state index in [1.54, 1.807) is 0 Å². The molecule has 1 saturated heterocycles. The zero-order valence-corrected chi connectivity index (χ0v) is 10.9. The lowest BCUT2D eigenvalue weighted by atomic mass is 10.0. The maximum atomic E-state index is 5.48. The van der Waals surface area contributed by atoms with Gasteiger partial charge in [0.2, 0.25) is 0 Å². The Morgan fingerprint density at radius 3 is 2.65 bits per heavy atom.